The zero-order valence-electron chi connectivity index (χ0n) is 10.1. The van der Waals surface area contributed by atoms with Crippen molar-refractivity contribution in [3.05, 3.63) is 24.3 Å². The third kappa shape index (κ3) is 3.64. The number of Topliss-reactive ketones (excluding diaryl/α,β-unsaturated/α-hetero) is 1. The Morgan fingerprint density at radius 3 is 3.05 bits per heavy atom. The van der Waals surface area contributed by atoms with Crippen LogP contribution in [0.1, 0.15) is 6.42 Å². The van der Waals surface area contributed by atoms with Crippen LogP contribution in [0.15, 0.2) is 29.2 Å². The number of ether oxygens (including phenoxy) is 2. The van der Waals surface area contributed by atoms with Gasteiger partial charge in [-0.3, -0.25) is 9.59 Å². The lowest BCUT2D eigenvalue weighted by Crippen LogP contribution is -2.31. The third-order valence-corrected chi connectivity index (χ3v) is 4.04. The Labute approximate surface area is 120 Å². The van der Waals surface area contributed by atoms with Crippen LogP contribution >= 0.6 is 23.4 Å². The van der Waals surface area contributed by atoms with Crippen molar-refractivity contribution in [1.29, 1.82) is 0 Å². The second-order valence-corrected chi connectivity index (χ2v) is 5.43. The van der Waals surface area contributed by atoms with Gasteiger partial charge in [0.1, 0.15) is 12.4 Å². The molecule has 0 saturated carbocycles. The van der Waals surface area contributed by atoms with Crippen LogP contribution in [-0.4, -0.2) is 36.1 Å². The van der Waals surface area contributed by atoms with Crippen molar-refractivity contribution in [1.82, 2.24) is 0 Å². The fourth-order valence-electron chi connectivity index (χ4n) is 1.57. The molecule has 2 rings (SSSR count). The van der Waals surface area contributed by atoms with Crippen molar-refractivity contribution < 1.29 is 19.1 Å². The maximum atomic E-state index is 11.9. The molecule has 1 heterocycles. The minimum absolute atomic E-state index is 0.112. The lowest BCUT2D eigenvalue weighted by Gasteiger charge is -2.11. The van der Waals surface area contributed by atoms with E-state index < -0.39 is 11.2 Å². The molecule has 0 aliphatic carbocycles. The van der Waals surface area contributed by atoms with Crippen molar-refractivity contribution >= 4 is 35.1 Å². The van der Waals surface area contributed by atoms with E-state index in [1.165, 1.54) is 11.8 Å². The molecule has 1 aliphatic rings. The summed E-state index contributed by atoms with van der Waals surface area (Å²) >= 11 is 6.68. The van der Waals surface area contributed by atoms with Crippen molar-refractivity contribution in [2.45, 2.75) is 16.6 Å². The summed E-state index contributed by atoms with van der Waals surface area (Å²) in [6.07, 6.45) is 0.575. The van der Waals surface area contributed by atoms with Gasteiger partial charge in [0.15, 0.2) is 11.0 Å². The Bertz CT molecular complexity index is 477. The molecule has 0 fully saturated rings. The monoisotopic (exact) mass is 300 g/mol. The second-order valence-electron chi connectivity index (χ2n) is 3.91. The predicted octanol–water partition coefficient (Wildman–Crippen LogP) is 2.28. The van der Waals surface area contributed by atoms with Crippen LogP contribution < -0.4 is 4.74 Å². The number of benzene rings is 1. The minimum atomic E-state index is -0.862. The summed E-state index contributed by atoms with van der Waals surface area (Å²) in [5, 5.41) is -0.862. The van der Waals surface area contributed by atoms with Crippen molar-refractivity contribution in [3.63, 3.8) is 0 Å². The van der Waals surface area contributed by atoms with Gasteiger partial charge in [-0.2, -0.15) is 0 Å². The number of halogens is 1. The number of alkyl halides is 1. The summed E-state index contributed by atoms with van der Waals surface area (Å²) in [7, 11) is 0. The molecule has 0 aromatic heterocycles. The second kappa shape index (κ2) is 6.82. The molecule has 1 unspecified atom stereocenters. The van der Waals surface area contributed by atoms with E-state index in [4.69, 9.17) is 21.1 Å². The Balaban J connectivity index is 2.07. The quantitative estimate of drug-likeness (QED) is 0.369. The molecule has 0 spiro atoms. The van der Waals surface area contributed by atoms with E-state index in [9.17, 15) is 9.59 Å². The highest BCUT2D eigenvalue weighted by atomic mass is 35.5. The van der Waals surface area contributed by atoms with Gasteiger partial charge in [0.2, 0.25) is 0 Å². The zero-order chi connectivity index (χ0) is 13.7. The first-order valence-corrected chi connectivity index (χ1v) is 7.27. The fourth-order valence-corrected chi connectivity index (χ4v) is 2.69. The first-order chi connectivity index (χ1) is 9.22. The maximum absolute atomic E-state index is 11.9. The van der Waals surface area contributed by atoms with Crippen molar-refractivity contribution in [2.75, 3.05) is 19.1 Å². The van der Waals surface area contributed by atoms with Gasteiger partial charge in [0, 0.05) is 5.88 Å². The van der Waals surface area contributed by atoms with Gasteiger partial charge in [0.25, 0.3) is 0 Å². The van der Waals surface area contributed by atoms with Crippen LogP contribution in [0.2, 0.25) is 0 Å². The number of carbonyl (C=O) groups excluding carboxylic acids is 2. The maximum Gasteiger partial charge on any atom is 0.327 e. The zero-order valence-corrected chi connectivity index (χ0v) is 11.7. The number of fused-ring (bicyclic) bond motifs is 1. The van der Waals surface area contributed by atoms with Crippen LogP contribution in [0.4, 0.5) is 0 Å². The summed E-state index contributed by atoms with van der Waals surface area (Å²) in [6.45, 7) is 0.120. The van der Waals surface area contributed by atoms with E-state index in [1.807, 2.05) is 18.2 Å². The standard InChI is InChI=1S/C13H13ClO4S/c14-6-3-7-17-13(16)12-9(15)8-18-10-4-1-2-5-11(10)19-12/h1-2,4-5,12H,3,6-8H2. The van der Waals surface area contributed by atoms with Crippen LogP contribution in [0.3, 0.4) is 0 Å². The van der Waals surface area contributed by atoms with Crippen LogP contribution in [0.5, 0.6) is 5.75 Å². The number of ketones is 1. The van der Waals surface area contributed by atoms with Crippen molar-refractivity contribution in [3.8, 4) is 5.75 Å². The number of para-hydroxylation sites is 1. The number of rotatable bonds is 4. The average molecular weight is 301 g/mol. The predicted molar refractivity (Wildman–Crippen MR) is 72.9 cm³/mol. The molecule has 19 heavy (non-hydrogen) atoms. The SMILES string of the molecule is O=C1COc2ccccc2SC1C(=O)OCCCCl. The lowest BCUT2D eigenvalue weighted by molar-refractivity contribution is -0.145. The first-order valence-electron chi connectivity index (χ1n) is 5.86. The normalized spacial score (nSPS) is 18.2. The number of carbonyl (C=O) groups is 2. The van der Waals surface area contributed by atoms with Crippen LogP contribution in [0.25, 0.3) is 0 Å². The molecule has 1 aromatic carbocycles. The number of hydrogen-bond donors (Lipinski definition) is 0. The molecule has 4 nitrogen and oxygen atoms in total. The summed E-state index contributed by atoms with van der Waals surface area (Å²) in [4.78, 5) is 24.5. The molecule has 102 valence electrons. The molecule has 1 aliphatic heterocycles. The smallest absolute Gasteiger partial charge is 0.327 e. The molecule has 0 radical (unpaired) electrons. The average Bonchev–Trinajstić information content (AvgIpc) is 2.59. The largest absolute Gasteiger partial charge is 0.485 e. The number of hydrogen-bond acceptors (Lipinski definition) is 5. The van der Waals surface area contributed by atoms with Gasteiger partial charge < -0.3 is 9.47 Å². The van der Waals surface area contributed by atoms with Gasteiger partial charge in [0.05, 0.1) is 11.5 Å². The molecule has 0 N–H and O–H groups in total. The van der Waals surface area contributed by atoms with E-state index in [1.54, 1.807) is 6.07 Å². The van der Waals surface area contributed by atoms with E-state index in [2.05, 4.69) is 0 Å². The van der Waals surface area contributed by atoms with Crippen LogP contribution in [-0.2, 0) is 14.3 Å². The number of thioether (sulfide) groups is 1. The first kappa shape index (κ1) is 14.2. The van der Waals surface area contributed by atoms with Gasteiger partial charge in [-0.15, -0.1) is 11.6 Å². The van der Waals surface area contributed by atoms with E-state index >= 15 is 0 Å². The van der Waals surface area contributed by atoms with E-state index in [0.717, 1.165) is 4.90 Å². The molecule has 1 aromatic rings. The summed E-state index contributed by atoms with van der Waals surface area (Å²) in [5.74, 6) is 0.236. The minimum Gasteiger partial charge on any atom is -0.485 e. The molecule has 0 amide bonds. The molecule has 0 saturated heterocycles. The topological polar surface area (TPSA) is 52.6 Å². The van der Waals surface area contributed by atoms with E-state index in [0.29, 0.717) is 18.1 Å². The highest BCUT2D eigenvalue weighted by molar-refractivity contribution is 8.01. The van der Waals surface area contributed by atoms with Crippen molar-refractivity contribution in [2.24, 2.45) is 0 Å². The van der Waals surface area contributed by atoms with E-state index in [-0.39, 0.29) is 19.0 Å². The molecular formula is C13H13ClO4S. The van der Waals surface area contributed by atoms with Crippen LogP contribution in [0, 0.1) is 0 Å². The van der Waals surface area contributed by atoms with Gasteiger partial charge >= 0.3 is 5.97 Å². The lowest BCUT2D eigenvalue weighted by atomic mass is 10.3. The van der Waals surface area contributed by atoms with Gasteiger partial charge in [-0.25, -0.2) is 0 Å². The number of esters is 1. The highest BCUT2D eigenvalue weighted by Gasteiger charge is 2.32. The van der Waals surface area contributed by atoms with Gasteiger partial charge in [-0.1, -0.05) is 23.9 Å². The Kier molecular flexibility index (Phi) is 5.10. The molecule has 0 bridgehead atoms. The molecular weight excluding hydrogens is 288 g/mol. The summed E-state index contributed by atoms with van der Waals surface area (Å²) < 4.78 is 10.4. The Hall–Kier alpha value is -1.20. The molecule has 6 heteroatoms. The fraction of sp³-hybridized carbons (Fsp3) is 0.385. The Morgan fingerprint density at radius 2 is 2.26 bits per heavy atom. The Morgan fingerprint density at radius 1 is 1.47 bits per heavy atom. The highest BCUT2D eigenvalue weighted by Crippen LogP contribution is 2.35. The summed E-state index contributed by atoms with van der Waals surface area (Å²) in [5.41, 5.74) is 0. The van der Waals surface area contributed by atoms with Gasteiger partial charge in [-0.05, 0) is 18.6 Å². The molecule has 1 atom stereocenters. The third-order valence-electron chi connectivity index (χ3n) is 2.49. The summed E-state index contributed by atoms with van der Waals surface area (Å²) in [6, 6.07) is 7.25.